The maximum absolute atomic E-state index is 13.3. The largest absolute Gasteiger partial charge is 0.472 e. The van der Waals surface area contributed by atoms with Crippen LogP contribution in [0.4, 0.5) is 0 Å². The zero-order chi connectivity index (χ0) is 54.6. The summed E-state index contributed by atoms with van der Waals surface area (Å²) in [7, 11) is -23.0. The SMILES string of the molecule is CCCCCC=CCC=CCC=CCC=CCCCC(=O)O[C@H](COC(=O)CCCCCCCCCCCCCCCCC)COP(=O)(O)OC1[C@H](O)[C@H](OP(=O)(O)O)C(OP(=O)(O)O)[C@H](OP(=O)(O)O)[C@H]1O. The van der Waals surface area contributed by atoms with E-state index in [0.717, 1.165) is 51.4 Å². The summed E-state index contributed by atoms with van der Waals surface area (Å²) in [6.07, 6.45) is 23.2. The molecular weight excluding hydrogens is 1040 g/mol. The Bertz CT molecular complexity index is 1770. The summed E-state index contributed by atoms with van der Waals surface area (Å²) in [6.45, 7) is 2.70. The minimum atomic E-state index is -5.80. The van der Waals surface area contributed by atoms with E-state index in [0.29, 0.717) is 25.7 Å². The second-order valence-electron chi connectivity index (χ2n) is 18.0. The lowest BCUT2D eigenvalue weighted by molar-refractivity contribution is -0.209. The van der Waals surface area contributed by atoms with Crippen molar-refractivity contribution in [2.24, 2.45) is 0 Å². The summed E-state index contributed by atoms with van der Waals surface area (Å²) < 4.78 is 82.2. The Morgan fingerprint density at radius 1 is 0.438 bits per heavy atom. The lowest BCUT2D eigenvalue weighted by Gasteiger charge is -2.45. The van der Waals surface area contributed by atoms with E-state index in [2.05, 4.69) is 51.7 Å². The van der Waals surface area contributed by atoms with Crippen molar-refractivity contribution >= 4 is 43.2 Å². The fraction of sp³-hybridized carbons (Fsp3) is 0.787. The first kappa shape index (κ1) is 69.3. The third-order valence-electron chi connectivity index (χ3n) is 11.4. The number of rotatable bonds is 44. The van der Waals surface area contributed by atoms with E-state index in [1.165, 1.54) is 77.0 Å². The molecule has 9 N–H and O–H groups in total. The van der Waals surface area contributed by atoms with Crippen LogP contribution in [0.5, 0.6) is 0 Å². The molecule has 26 heteroatoms. The lowest BCUT2D eigenvalue weighted by atomic mass is 9.85. The first-order chi connectivity index (χ1) is 34.5. The number of allylic oxidation sites excluding steroid dienone is 8. The van der Waals surface area contributed by atoms with Crippen LogP contribution in [-0.4, -0.2) is 112 Å². The molecule has 73 heavy (non-hydrogen) atoms. The number of ether oxygens (including phenoxy) is 2. The van der Waals surface area contributed by atoms with Gasteiger partial charge < -0.3 is 53.9 Å². The zero-order valence-electron chi connectivity index (χ0n) is 42.6. The van der Waals surface area contributed by atoms with Gasteiger partial charge in [-0.3, -0.25) is 32.2 Å². The molecule has 1 fully saturated rings. The van der Waals surface area contributed by atoms with Crippen LogP contribution in [-0.2, 0) is 59.9 Å². The van der Waals surface area contributed by atoms with Gasteiger partial charge in [0.2, 0.25) is 0 Å². The van der Waals surface area contributed by atoms with Crippen molar-refractivity contribution in [3.8, 4) is 0 Å². The highest BCUT2D eigenvalue weighted by molar-refractivity contribution is 7.47. The number of aliphatic hydroxyl groups excluding tert-OH is 2. The van der Waals surface area contributed by atoms with Crippen molar-refractivity contribution in [3.05, 3.63) is 48.6 Å². The molecule has 1 saturated carbocycles. The molecule has 0 heterocycles. The summed E-state index contributed by atoms with van der Waals surface area (Å²) in [5, 5.41) is 21.9. The number of unbranched alkanes of at least 4 members (excludes halogenated alkanes) is 18. The van der Waals surface area contributed by atoms with Crippen LogP contribution in [0.2, 0.25) is 0 Å². The highest BCUT2D eigenvalue weighted by Gasteiger charge is 2.59. The van der Waals surface area contributed by atoms with Gasteiger partial charge in [0.05, 0.1) is 6.61 Å². The maximum atomic E-state index is 13.3. The molecule has 0 aromatic carbocycles. The summed E-state index contributed by atoms with van der Waals surface area (Å²) in [5.41, 5.74) is 0. The van der Waals surface area contributed by atoms with Crippen molar-refractivity contribution in [1.82, 2.24) is 0 Å². The molecule has 0 aliphatic heterocycles. The van der Waals surface area contributed by atoms with Crippen molar-refractivity contribution in [1.29, 1.82) is 0 Å². The monoisotopic (exact) mass is 1130 g/mol. The summed E-state index contributed by atoms with van der Waals surface area (Å²) in [6, 6.07) is 0. The number of carbonyl (C=O) groups excluding carboxylic acids is 2. The Morgan fingerprint density at radius 2 is 0.808 bits per heavy atom. The van der Waals surface area contributed by atoms with Gasteiger partial charge in [-0.2, -0.15) is 0 Å². The van der Waals surface area contributed by atoms with Gasteiger partial charge in [-0.15, -0.1) is 0 Å². The molecule has 0 amide bonds. The predicted octanol–water partition coefficient (Wildman–Crippen LogP) is 9.52. The average molecular weight is 1130 g/mol. The fourth-order valence-electron chi connectivity index (χ4n) is 7.66. The normalized spacial score (nSPS) is 21.4. The zero-order valence-corrected chi connectivity index (χ0v) is 46.2. The van der Waals surface area contributed by atoms with Crippen LogP contribution in [0.25, 0.3) is 0 Å². The number of esters is 2. The van der Waals surface area contributed by atoms with Crippen LogP contribution < -0.4 is 0 Å². The van der Waals surface area contributed by atoms with Crippen molar-refractivity contribution in [2.75, 3.05) is 13.2 Å². The first-order valence-electron chi connectivity index (χ1n) is 25.7. The van der Waals surface area contributed by atoms with Crippen LogP contribution >= 0.6 is 31.3 Å². The van der Waals surface area contributed by atoms with Crippen LogP contribution in [0.1, 0.15) is 181 Å². The van der Waals surface area contributed by atoms with Gasteiger partial charge in [0.1, 0.15) is 43.2 Å². The van der Waals surface area contributed by atoms with Gasteiger partial charge in [0.15, 0.2) is 6.10 Å². The molecule has 0 bridgehead atoms. The molecular formula is C47H86O22P4. The fourth-order valence-corrected chi connectivity index (χ4v) is 10.3. The number of phosphoric acid groups is 4. The molecule has 8 atom stereocenters. The second kappa shape index (κ2) is 39.6. The van der Waals surface area contributed by atoms with Gasteiger partial charge in [0, 0.05) is 12.8 Å². The quantitative estimate of drug-likeness (QED) is 0.0119. The van der Waals surface area contributed by atoms with Gasteiger partial charge in [-0.1, -0.05) is 165 Å². The second-order valence-corrected chi connectivity index (χ2v) is 23.0. The molecule has 426 valence electrons. The van der Waals surface area contributed by atoms with E-state index in [4.69, 9.17) is 18.5 Å². The third kappa shape index (κ3) is 37.6. The number of hydrogen-bond acceptors (Lipinski definition) is 15. The standard InChI is InChI=1S/C47H86O22P4/c1-3-5-7-9-11-13-15-17-19-20-22-24-26-28-30-32-34-36-41(49)65-39(37-63-40(48)35-33-31-29-27-25-23-21-18-16-14-12-10-8-6-4-2)38-64-73(61,62)69-44-42(50)45(66-70(52,53)54)47(68-72(58,59)60)46(43(44)51)67-71(55,56)57/h11,13,17,19,22,24,28,30,39,42-47,50-51H,3-10,12,14-16,18,20-21,23,25-27,29,31-38H2,1-2H3,(H,61,62)(H2,52,53,54)(H2,55,56,57)(H2,58,59,60)/t39-,42+,43+,44?,45-,46+,47?/m1/s1. The van der Waals surface area contributed by atoms with Gasteiger partial charge in [-0.25, -0.2) is 18.3 Å². The van der Waals surface area contributed by atoms with Gasteiger partial charge >= 0.3 is 43.2 Å². The van der Waals surface area contributed by atoms with Crippen molar-refractivity contribution in [3.63, 3.8) is 0 Å². The number of carbonyl (C=O) groups is 2. The Hall–Kier alpha value is -1.74. The molecule has 0 radical (unpaired) electrons. The van der Waals surface area contributed by atoms with Crippen LogP contribution in [0.3, 0.4) is 0 Å². The highest BCUT2D eigenvalue weighted by Crippen LogP contribution is 2.53. The predicted molar refractivity (Wildman–Crippen MR) is 272 cm³/mol. The highest BCUT2D eigenvalue weighted by atomic mass is 31.2. The molecule has 0 saturated heterocycles. The number of aliphatic hydroxyl groups is 2. The first-order valence-corrected chi connectivity index (χ1v) is 31.8. The van der Waals surface area contributed by atoms with Crippen LogP contribution in [0, 0.1) is 0 Å². The molecule has 0 spiro atoms. The van der Waals surface area contributed by atoms with E-state index >= 15 is 0 Å². The number of hydrogen-bond donors (Lipinski definition) is 9. The van der Waals surface area contributed by atoms with E-state index in [1.807, 2.05) is 24.3 Å². The molecule has 0 aromatic rings. The topological polar surface area (TPSA) is 349 Å². The molecule has 22 nitrogen and oxygen atoms in total. The summed E-state index contributed by atoms with van der Waals surface area (Å²) >= 11 is 0. The Kier molecular flexibility index (Phi) is 37.6. The summed E-state index contributed by atoms with van der Waals surface area (Å²) in [5.74, 6) is -1.46. The van der Waals surface area contributed by atoms with Gasteiger partial charge in [-0.05, 0) is 51.4 Å². The maximum Gasteiger partial charge on any atom is 0.472 e. The smallest absolute Gasteiger partial charge is 0.462 e. The minimum absolute atomic E-state index is 0.0241. The molecule has 3 unspecified atom stereocenters. The van der Waals surface area contributed by atoms with Gasteiger partial charge in [0.25, 0.3) is 0 Å². The Labute approximate surface area is 431 Å². The van der Waals surface area contributed by atoms with Crippen molar-refractivity contribution in [2.45, 2.75) is 224 Å². The van der Waals surface area contributed by atoms with Crippen molar-refractivity contribution < 1.29 is 104 Å². The molecule has 1 aliphatic carbocycles. The third-order valence-corrected chi connectivity index (χ3v) is 13.9. The minimum Gasteiger partial charge on any atom is -0.462 e. The molecule has 0 aromatic heterocycles. The molecule has 1 aliphatic rings. The van der Waals surface area contributed by atoms with E-state index in [1.54, 1.807) is 0 Å². The van der Waals surface area contributed by atoms with E-state index < -0.39 is 99.2 Å². The Morgan fingerprint density at radius 3 is 1.25 bits per heavy atom. The van der Waals surface area contributed by atoms with E-state index in [9.17, 15) is 72.3 Å². The van der Waals surface area contributed by atoms with E-state index in [-0.39, 0.29) is 12.8 Å². The average Bonchev–Trinajstić information content (AvgIpc) is 3.30. The molecule has 1 rings (SSSR count). The van der Waals surface area contributed by atoms with Crippen LogP contribution in [0.15, 0.2) is 48.6 Å². The Balaban J connectivity index is 2.90. The summed E-state index contributed by atoms with van der Waals surface area (Å²) in [4.78, 5) is 93.0. The number of phosphoric ester groups is 4. The lowest BCUT2D eigenvalue weighted by Crippen LogP contribution is -2.65.